The second-order valence-corrected chi connectivity index (χ2v) is 11.6. The van der Waals surface area contributed by atoms with Gasteiger partial charge in [-0.15, -0.1) is 0 Å². The molecule has 0 spiro atoms. The number of halogens is 4. The molecule has 1 unspecified atom stereocenters. The maximum Gasteiger partial charge on any atom is 0.327 e. The molecule has 0 bridgehead atoms. The van der Waals surface area contributed by atoms with Crippen LogP contribution in [0.3, 0.4) is 0 Å². The van der Waals surface area contributed by atoms with Gasteiger partial charge in [0.05, 0.1) is 37.5 Å². The molecule has 0 aromatic heterocycles. The summed E-state index contributed by atoms with van der Waals surface area (Å²) >= 11 is 24.9. The largest absolute Gasteiger partial charge is 0.357 e. The van der Waals surface area contributed by atoms with E-state index >= 15 is 0 Å². The summed E-state index contributed by atoms with van der Waals surface area (Å²) in [4.78, 5) is 29.4. The second kappa shape index (κ2) is 9.88. The first-order valence-electron chi connectivity index (χ1n) is 11.7. The average Bonchev–Trinajstić information content (AvgIpc) is 2.96. The van der Waals surface area contributed by atoms with Crippen LogP contribution in [-0.4, -0.2) is 11.8 Å². The van der Waals surface area contributed by atoms with Crippen molar-refractivity contribution in [1.29, 1.82) is 0 Å². The van der Waals surface area contributed by atoms with E-state index in [-0.39, 0.29) is 11.2 Å². The average molecular weight is 575 g/mol. The van der Waals surface area contributed by atoms with Gasteiger partial charge in [0, 0.05) is 23.4 Å². The number of carbonyl (C=O) groups is 2. The topological polar surface area (TPSA) is 61.4 Å². The van der Waals surface area contributed by atoms with Crippen molar-refractivity contribution in [3.05, 3.63) is 97.6 Å². The van der Waals surface area contributed by atoms with Crippen molar-refractivity contribution >= 4 is 75.3 Å². The first-order valence-corrected chi connectivity index (χ1v) is 13.2. The van der Waals surface area contributed by atoms with Crippen LogP contribution < -0.4 is 15.5 Å². The molecule has 1 atom stereocenters. The fourth-order valence-corrected chi connectivity index (χ4v) is 5.57. The molecule has 5 nitrogen and oxygen atoms in total. The summed E-state index contributed by atoms with van der Waals surface area (Å²) in [5.74, 6) is -0.0324. The Morgan fingerprint density at radius 2 is 1.59 bits per heavy atom. The standard InChI is InChI=1S/C28H23Cl4N3O2/c1-28(2)13-22-25(24(36)14-28)26(15-7-9-17(29)19(31)11-15)35(23-6-4-3-5-21(23)34-22)27(37)33-16-8-10-18(30)20(32)12-16/h3-12,26,34H,13-14H2,1-2H3,(H,33,37). The maximum absolute atomic E-state index is 14.0. The van der Waals surface area contributed by atoms with E-state index in [1.54, 1.807) is 41.3 Å². The van der Waals surface area contributed by atoms with Crippen LogP contribution in [0.5, 0.6) is 0 Å². The number of benzene rings is 3. The van der Waals surface area contributed by atoms with Crippen molar-refractivity contribution in [2.75, 3.05) is 15.5 Å². The van der Waals surface area contributed by atoms with Crippen LogP contribution in [0.1, 0.15) is 38.3 Å². The molecule has 2 N–H and O–H groups in total. The number of rotatable bonds is 2. The Morgan fingerprint density at radius 3 is 2.30 bits per heavy atom. The molecule has 1 aliphatic heterocycles. The predicted molar refractivity (Wildman–Crippen MR) is 152 cm³/mol. The Hall–Kier alpha value is -2.70. The number of fused-ring (bicyclic) bond motifs is 1. The number of urea groups is 1. The number of Topliss-reactive ketones (excluding diaryl/α,β-unsaturated/α-hetero) is 1. The molecule has 5 rings (SSSR count). The van der Waals surface area contributed by atoms with E-state index in [9.17, 15) is 9.59 Å². The van der Waals surface area contributed by atoms with E-state index < -0.39 is 12.1 Å². The highest BCUT2D eigenvalue weighted by Crippen LogP contribution is 2.49. The Balaban J connectivity index is 1.72. The lowest BCUT2D eigenvalue weighted by Gasteiger charge is -2.37. The van der Waals surface area contributed by atoms with Crippen molar-refractivity contribution in [2.45, 2.75) is 32.7 Å². The highest BCUT2D eigenvalue weighted by atomic mass is 35.5. The van der Waals surface area contributed by atoms with Crippen molar-refractivity contribution < 1.29 is 9.59 Å². The van der Waals surface area contributed by atoms with E-state index in [1.165, 1.54) is 0 Å². The molecular formula is C28H23Cl4N3O2. The summed E-state index contributed by atoms with van der Waals surface area (Å²) in [6.45, 7) is 4.13. The number of hydrogen-bond acceptors (Lipinski definition) is 3. The van der Waals surface area contributed by atoms with Crippen LogP contribution in [0.4, 0.5) is 21.9 Å². The zero-order valence-corrected chi connectivity index (χ0v) is 23.1. The molecule has 2 aliphatic rings. The number of nitrogens with zero attached hydrogens (tertiary/aromatic N) is 1. The molecule has 0 saturated heterocycles. The molecular weight excluding hydrogens is 552 g/mol. The first kappa shape index (κ1) is 25.9. The van der Waals surface area contributed by atoms with Gasteiger partial charge in [0.2, 0.25) is 0 Å². The Labute approximate surface area is 235 Å². The molecule has 37 heavy (non-hydrogen) atoms. The van der Waals surface area contributed by atoms with Gasteiger partial charge in [-0.3, -0.25) is 9.69 Å². The fraction of sp³-hybridized carbons (Fsp3) is 0.214. The SMILES string of the molecule is CC1(C)CC(=O)C2=C(C1)Nc1ccccc1N(C(=O)Nc1ccc(Cl)c(Cl)c1)C2c1ccc(Cl)c(Cl)c1. The first-order chi connectivity index (χ1) is 17.5. The van der Waals surface area contributed by atoms with Crippen LogP contribution in [-0.2, 0) is 4.79 Å². The van der Waals surface area contributed by atoms with Crippen LogP contribution in [0.15, 0.2) is 71.9 Å². The fourth-order valence-electron chi connectivity index (χ4n) is 4.97. The molecule has 2 amide bonds. The lowest BCUT2D eigenvalue weighted by Crippen LogP contribution is -2.41. The molecule has 3 aromatic carbocycles. The smallest absolute Gasteiger partial charge is 0.327 e. The van der Waals surface area contributed by atoms with E-state index in [1.807, 2.05) is 24.3 Å². The minimum Gasteiger partial charge on any atom is -0.357 e. The van der Waals surface area contributed by atoms with Gasteiger partial charge >= 0.3 is 6.03 Å². The maximum atomic E-state index is 14.0. The summed E-state index contributed by atoms with van der Waals surface area (Å²) in [6, 6.07) is 16.3. The normalized spacial score (nSPS) is 18.5. The van der Waals surface area contributed by atoms with Crippen molar-refractivity contribution in [3.8, 4) is 0 Å². The molecule has 0 fully saturated rings. The zero-order valence-electron chi connectivity index (χ0n) is 20.0. The minimum absolute atomic E-state index is 0.0324. The number of carbonyl (C=O) groups excluding carboxylic acids is 2. The van der Waals surface area contributed by atoms with Crippen LogP contribution in [0.25, 0.3) is 0 Å². The van der Waals surface area contributed by atoms with Crippen molar-refractivity contribution in [2.24, 2.45) is 5.41 Å². The summed E-state index contributed by atoms with van der Waals surface area (Å²) in [5, 5.41) is 7.81. The second-order valence-electron chi connectivity index (χ2n) is 9.98. The van der Waals surface area contributed by atoms with E-state index in [0.29, 0.717) is 61.1 Å². The monoisotopic (exact) mass is 573 g/mol. The highest BCUT2D eigenvalue weighted by molar-refractivity contribution is 6.42. The van der Waals surface area contributed by atoms with E-state index in [0.717, 1.165) is 5.70 Å². The summed E-state index contributed by atoms with van der Waals surface area (Å²) in [5.41, 5.74) is 3.53. The summed E-state index contributed by atoms with van der Waals surface area (Å²) < 4.78 is 0. The lowest BCUT2D eigenvalue weighted by atomic mass is 9.73. The summed E-state index contributed by atoms with van der Waals surface area (Å²) in [6.07, 6.45) is 0.992. The molecule has 9 heteroatoms. The number of ketones is 1. The quantitative estimate of drug-likeness (QED) is 0.321. The predicted octanol–water partition coefficient (Wildman–Crippen LogP) is 9.15. The molecule has 0 radical (unpaired) electrons. The lowest BCUT2D eigenvalue weighted by molar-refractivity contribution is -0.118. The van der Waals surface area contributed by atoms with Crippen LogP contribution >= 0.6 is 46.4 Å². The Morgan fingerprint density at radius 1 is 0.919 bits per heavy atom. The summed E-state index contributed by atoms with van der Waals surface area (Å²) in [7, 11) is 0. The van der Waals surface area contributed by atoms with Gasteiger partial charge in [-0.1, -0.05) is 78.5 Å². The number of anilines is 3. The van der Waals surface area contributed by atoms with Gasteiger partial charge in [0.15, 0.2) is 5.78 Å². The molecule has 190 valence electrons. The molecule has 0 saturated carbocycles. The van der Waals surface area contributed by atoms with Crippen molar-refractivity contribution in [1.82, 2.24) is 0 Å². The Bertz CT molecular complexity index is 1470. The molecule has 1 aliphatic carbocycles. The minimum atomic E-state index is -0.757. The van der Waals surface area contributed by atoms with Gasteiger partial charge in [0.1, 0.15) is 0 Å². The third-order valence-electron chi connectivity index (χ3n) is 6.55. The van der Waals surface area contributed by atoms with E-state index in [2.05, 4.69) is 24.5 Å². The number of amides is 2. The number of para-hydroxylation sites is 2. The van der Waals surface area contributed by atoms with Crippen LogP contribution in [0, 0.1) is 5.41 Å². The van der Waals surface area contributed by atoms with Crippen LogP contribution in [0.2, 0.25) is 20.1 Å². The van der Waals surface area contributed by atoms with Gasteiger partial charge < -0.3 is 10.6 Å². The number of nitrogens with one attached hydrogen (secondary N) is 2. The van der Waals surface area contributed by atoms with Gasteiger partial charge in [-0.25, -0.2) is 4.79 Å². The zero-order chi connectivity index (χ0) is 26.5. The van der Waals surface area contributed by atoms with Crippen molar-refractivity contribution in [3.63, 3.8) is 0 Å². The van der Waals surface area contributed by atoms with Gasteiger partial charge in [-0.05, 0) is 59.9 Å². The third-order valence-corrected chi connectivity index (χ3v) is 8.03. The molecule has 3 aromatic rings. The number of allylic oxidation sites excluding steroid dienone is 1. The van der Waals surface area contributed by atoms with E-state index in [4.69, 9.17) is 46.4 Å². The van der Waals surface area contributed by atoms with Gasteiger partial charge in [0.25, 0.3) is 0 Å². The third kappa shape index (κ3) is 5.06. The Kier molecular flexibility index (Phi) is 6.92. The highest BCUT2D eigenvalue weighted by Gasteiger charge is 2.43. The number of hydrogen-bond donors (Lipinski definition) is 2. The van der Waals surface area contributed by atoms with Gasteiger partial charge in [-0.2, -0.15) is 0 Å². The molecule has 1 heterocycles.